The van der Waals surface area contributed by atoms with E-state index < -0.39 is 0 Å². The molecule has 2 atom stereocenters. The molecule has 2 heteroatoms. The maximum Gasteiger partial charge on any atom is 0.0991 e. The zero-order valence-corrected chi connectivity index (χ0v) is 10.4. The van der Waals surface area contributed by atoms with Gasteiger partial charge >= 0.3 is 0 Å². The van der Waals surface area contributed by atoms with Gasteiger partial charge in [0.15, 0.2) is 0 Å². The third kappa shape index (κ3) is 3.31. The first kappa shape index (κ1) is 12.1. The van der Waals surface area contributed by atoms with Crippen LogP contribution in [0.1, 0.15) is 37.3 Å². The minimum absolute atomic E-state index is 0.749. The van der Waals surface area contributed by atoms with Gasteiger partial charge in [0.2, 0.25) is 0 Å². The van der Waals surface area contributed by atoms with Gasteiger partial charge in [-0.05, 0) is 42.5 Å². The average molecular weight is 228 g/mol. The average Bonchev–Trinajstić information content (AvgIpc) is 2.76. The van der Waals surface area contributed by atoms with Crippen LogP contribution < -0.4 is 5.32 Å². The minimum Gasteiger partial charge on any atom is -0.312 e. The van der Waals surface area contributed by atoms with Gasteiger partial charge in [-0.25, -0.2) is 0 Å². The highest BCUT2D eigenvalue weighted by atomic mass is 14.9. The number of hydrogen-bond acceptors (Lipinski definition) is 2. The third-order valence-corrected chi connectivity index (χ3v) is 3.83. The molecule has 0 amide bonds. The van der Waals surface area contributed by atoms with Gasteiger partial charge in [0, 0.05) is 6.54 Å². The quantitative estimate of drug-likeness (QED) is 0.859. The van der Waals surface area contributed by atoms with E-state index in [9.17, 15) is 0 Å². The zero-order valence-electron chi connectivity index (χ0n) is 10.4. The maximum absolute atomic E-state index is 8.82. The minimum atomic E-state index is 0.749. The van der Waals surface area contributed by atoms with Crippen molar-refractivity contribution in [2.75, 3.05) is 6.54 Å². The van der Waals surface area contributed by atoms with Gasteiger partial charge in [-0.1, -0.05) is 31.9 Å². The molecule has 1 aromatic rings. The highest BCUT2D eigenvalue weighted by molar-refractivity contribution is 5.32. The Morgan fingerprint density at radius 3 is 3.00 bits per heavy atom. The lowest BCUT2D eigenvalue weighted by atomic mass is 9.98. The summed E-state index contributed by atoms with van der Waals surface area (Å²) in [5.41, 5.74) is 1.95. The molecule has 0 spiro atoms. The Balaban J connectivity index is 1.80. The summed E-state index contributed by atoms with van der Waals surface area (Å²) in [6.07, 6.45) is 4.14. The highest BCUT2D eigenvalue weighted by Crippen LogP contribution is 2.30. The number of rotatable bonds is 4. The first-order chi connectivity index (χ1) is 8.29. The van der Waals surface area contributed by atoms with Crippen LogP contribution in [0.3, 0.4) is 0 Å². The predicted molar refractivity (Wildman–Crippen MR) is 69.4 cm³/mol. The van der Waals surface area contributed by atoms with Crippen LogP contribution in [-0.2, 0) is 6.54 Å². The van der Waals surface area contributed by atoms with Crippen LogP contribution in [0.2, 0.25) is 0 Å². The Bertz CT molecular complexity index is 406. The molecule has 0 aliphatic heterocycles. The van der Waals surface area contributed by atoms with E-state index in [0.717, 1.165) is 30.5 Å². The summed E-state index contributed by atoms with van der Waals surface area (Å²) in [4.78, 5) is 0. The number of nitrogens with one attached hydrogen (secondary N) is 1. The second-order valence-corrected chi connectivity index (χ2v) is 5.11. The molecular formula is C15H20N2. The van der Waals surface area contributed by atoms with Gasteiger partial charge in [-0.3, -0.25) is 0 Å². The van der Waals surface area contributed by atoms with Crippen molar-refractivity contribution in [1.29, 1.82) is 5.26 Å². The Hall–Kier alpha value is -1.33. The van der Waals surface area contributed by atoms with E-state index in [4.69, 9.17) is 5.26 Å². The van der Waals surface area contributed by atoms with Crippen molar-refractivity contribution in [2.45, 2.75) is 32.7 Å². The second-order valence-electron chi connectivity index (χ2n) is 5.11. The van der Waals surface area contributed by atoms with Crippen molar-refractivity contribution in [2.24, 2.45) is 11.8 Å². The lowest BCUT2D eigenvalue weighted by Crippen LogP contribution is -2.23. The molecule has 0 saturated heterocycles. The second kappa shape index (κ2) is 5.84. The molecule has 1 N–H and O–H groups in total. The van der Waals surface area contributed by atoms with E-state index in [0.29, 0.717) is 0 Å². The topological polar surface area (TPSA) is 35.8 Å². The van der Waals surface area contributed by atoms with Gasteiger partial charge in [0.25, 0.3) is 0 Å². The van der Waals surface area contributed by atoms with Crippen molar-refractivity contribution in [3.05, 3.63) is 35.4 Å². The van der Waals surface area contributed by atoms with Gasteiger partial charge in [-0.2, -0.15) is 5.26 Å². The molecule has 1 saturated carbocycles. The summed E-state index contributed by atoms with van der Waals surface area (Å²) in [6, 6.07) is 10.0. The summed E-state index contributed by atoms with van der Waals surface area (Å²) < 4.78 is 0. The monoisotopic (exact) mass is 228 g/mol. The van der Waals surface area contributed by atoms with Crippen molar-refractivity contribution < 1.29 is 0 Å². The third-order valence-electron chi connectivity index (χ3n) is 3.83. The van der Waals surface area contributed by atoms with E-state index in [-0.39, 0.29) is 0 Å². The summed E-state index contributed by atoms with van der Waals surface area (Å²) in [5, 5.41) is 12.3. The molecule has 1 aliphatic rings. The maximum atomic E-state index is 8.82. The van der Waals surface area contributed by atoms with Gasteiger partial charge in [-0.15, -0.1) is 0 Å². The smallest absolute Gasteiger partial charge is 0.0991 e. The fraction of sp³-hybridized carbons (Fsp3) is 0.533. The molecule has 1 aliphatic carbocycles. The highest BCUT2D eigenvalue weighted by Gasteiger charge is 2.22. The van der Waals surface area contributed by atoms with E-state index in [1.807, 2.05) is 18.2 Å². The van der Waals surface area contributed by atoms with Crippen LogP contribution in [0.25, 0.3) is 0 Å². The zero-order chi connectivity index (χ0) is 12.1. The number of benzene rings is 1. The van der Waals surface area contributed by atoms with E-state index in [1.165, 1.54) is 24.8 Å². The van der Waals surface area contributed by atoms with Crippen LogP contribution in [-0.4, -0.2) is 6.54 Å². The Morgan fingerprint density at radius 2 is 2.29 bits per heavy atom. The molecule has 90 valence electrons. The molecule has 17 heavy (non-hydrogen) atoms. The van der Waals surface area contributed by atoms with Crippen LogP contribution in [0.4, 0.5) is 0 Å². The van der Waals surface area contributed by atoms with E-state index in [2.05, 4.69) is 24.4 Å². The van der Waals surface area contributed by atoms with Gasteiger partial charge in [0.05, 0.1) is 11.6 Å². The molecule has 1 aromatic carbocycles. The Kier molecular flexibility index (Phi) is 4.17. The number of nitrogens with zero attached hydrogens (tertiary/aromatic N) is 1. The number of hydrogen-bond donors (Lipinski definition) is 1. The van der Waals surface area contributed by atoms with Crippen LogP contribution in [0.15, 0.2) is 24.3 Å². The summed E-state index contributed by atoms with van der Waals surface area (Å²) >= 11 is 0. The first-order valence-electron chi connectivity index (χ1n) is 6.49. The van der Waals surface area contributed by atoms with Crippen LogP contribution >= 0.6 is 0 Å². The molecule has 0 radical (unpaired) electrons. The summed E-state index contributed by atoms with van der Waals surface area (Å²) in [7, 11) is 0. The normalized spacial score (nSPS) is 23.5. The number of nitriles is 1. The summed E-state index contributed by atoms with van der Waals surface area (Å²) in [6.45, 7) is 4.34. The fourth-order valence-electron chi connectivity index (χ4n) is 2.68. The van der Waals surface area contributed by atoms with Gasteiger partial charge in [0.1, 0.15) is 0 Å². The lowest BCUT2D eigenvalue weighted by molar-refractivity contribution is 0.392. The first-order valence-corrected chi connectivity index (χ1v) is 6.49. The molecule has 0 aromatic heterocycles. The van der Waals surface area contributed by atoms with Crippen molar-refractivity contribution in [1.82, 2.24) is 5.32 Å². The predicted octanol–water partition coefficient (Wildman–Crippen LogP) is 3.08. The molecule has 0 heterocycles. The van der Waals surface area contributed by atoms with E-state index in [1.54, 1.807) is 0 Å². The van der Waals surface area contributed by atoms with Crippen LogP contribution in [0.5, 0.6) is 0 Å². The molecular weight excluding hydrogens is 208 g/mol. The van der Waals surface area contributed by atoms with E-state index >= 15 is 0 Å². The Labute approximate surface area is 104 Å². The largest absolute Gasteiger partial charge is 0.312 e. The standard InChI is InChI=1S/C15H20N2/c1-12-4-2-7-15(12)11-17-10-14-6-3-5-13(8-14)9-16/h3,5-6,8,12,15,17H,2,4,7,10-11H2,1H3. The fourth-order valence-corrected chi connectivity index (χ4v) is 2.68. The van der Waals surface area contributed by atoms with Crippen molar-refractivity contribution in [3.63, 3.8) is 0 Å². The molecule has 2 nitrogen and oxygen atoms in total. The Morgan fingerprint density at radius 1 is 1.41 bits per heavy atom. The molecule has 0 bridgehead atoms. The molecule has 2 rings (SSSR count). The lowest BCUT2D eigenvalue weighted by Gasteiger charge is -2.15. The van der Waals surface area contributed by atoms with Crippen molar-refractivity contribution in [3.8, 4) is 6.07 Å². The SMILES string of the molecule is CC1CCCC1CNCc1cccc(C#N)c1. The molecule has 2 unspecified atom stereocenters. The molecule has 1 fully saturated rings. The van der Waals surface area contributed by atoms with Crippen molar-refractivity contribution >= 4 is 0 Å². The van der Waals surface area contributed by atoms with Crippen LogP contribution in [0, 0.1) is 23.2 Å². The summed E-state index contributed by atoms with van der Waals surface area (Å²) in [5.74, 6) is 1.71. The van der Waals surface area contributed by atoms with Gasteiger partial charge < -0.3 is 5.32 Å².